The Balaban J connectivity index is 1.74. The minimum atomic E-state index is -0.237. The quantitative estimate of drug-likeness (QED) is 0.848. The lowest BCUT2D eigenvalue weighted by molar-refractivity contribution is -0.115. The van der Waals surface area contributed by atoms with E-state index in [4.69, 9.17) is 0 Å². The summed E-state index contributed by atoms with van der Waals surface area (Å²) >= 11 is 0. The van der Waals surface area contributed by atoms with Gasteiger partial charge in [-0.25, -0.2) is 0 Å². The summed E-state index contributed by atoms with van der Waals surface area (Å²) in [7, 11) is 0. The van der Waals surface area contributed by atoms with E-state index in [-0.39, 0.29) is 18.4 Å². The molecular formula is C17H13N3O2. The highest BCUT2D eigenvalue weighted by Gasteiger charge is 2.36. The predicted molar refractivity (Wildman–Crippen MR) is 84.5 cm³/mol. The molecule has 0 aliphatic carbocycles. The largest absolute Gasteiger partial charge is 0.349 e. The van der Waals surface area contributed by atoms with E-state index in [0.29, 0.717) is 17.0 Å². The lowest BCUT2D eigenvalue weighted by atomic mass is 10.2. The number of rotatable bonds is 1. The van der Waals surface area contributed by atoms with Crippen molar-refractivity contribution < 1.29 is 9.59 Å². The predicted octanol–water partition coefficient (Wildman–Crippen LogP) is 2.35. The summed E-state index contributed by atoms with van der Waals surface area (Å²) in [4.78, 5) is 26.7. The van der Waals surface area contributed by atoms with Crippen LogP contribution in [0, 0.1) is 0 Å². The van der Waals surface area contributed by atoms with Crippen molar-refractivity contribution in [3.8, 4) is 0 Å². The summed E-state index contributed by atoms with van der Waals surface area (Å²) in [5.74, 6) is -0.424. The topological polar surface area (TPSA) is 61.4 Å². The molecule has 0 unspecified atom stereocenters. The number of hydrogen-bond acceptors (Lipinski definition) is 3. The number of carbonyl (C=O) groups is 2. The second kappa shape index (κ2) is 4.73. The van der Waals surface area contributed by atoms with Crippen LogP contribution in [-0.2, 0) is 9.59 Å². The molecule has 2 aliphatic heterocycles. The second-order valence-corrected chi connectivity index (χ2v) is 5.21. The molecule has 0 fully saturated rings. The van der Waals surface area contributed by atoms with Crippen molar-refractivity contribution >= 4 is 28.9 Å². The Morgan fingerprint density at radius 3 is 2.18 bits per heavy atom. The molecule has 0 radical (unpaired) electrons. The first-order valence-electron chi connectivity index (χ1n) is 7.01. The molecule has 0 atom stereocenters. The minimum Gasteiger partial charge on any atom is -0.349 e. The number of fused-ring (bicyclic) bond motifs is 1. The number of carbonyl (C=O) groups excluding carboxylic acids is 2. The van der Waals surface area contributed by atoms with Gasteiger partial charge in [0.1, 0.15) is 5.70 Å². The van der Waals surface area contributed by atoms with Crippen LogP contribution in [0.3, 0.4) is 0 Å². The first-order valence-corrected chi connectivity index (χ1v) is 7.01. The van der Waals surface area contributed by atoms with Gasteiger partial charge in [0.15, 0.2) is 0 Å². The summed E-state index contributed by atoms with van der Waals surface area (Å²) in [6.07, 6.45) is 0. The van der Waals surface area contributed by atoms with Gasteiger partial charge in [-0.15, -0.1) is 0 Å². The Morgan fingerprint density at radius 2 is 1.45 bits per heavy atom. The Bertz CT molecular complexity index is 812. The summed E-state index contributed by atoms with van der Waals surface area (Å²) in [5.41, 5.74) is 3.00. The van der Waals surface area contributed by atoms with Gasteiger partial charge in [0.25, 0.3) is 11.8 Å². The van der Waals surface area contributed by atoms with Crippen molar-refractivity contribution in [2.24, 2.45) is 0 Å². The van der Waals surface area contributed by atoms with Crippen LogP contribution in [-0.4, -0.2) is 18.4 Å². The molecule has 108 valence electrons. The van der Waals surface area contributed by atoms with Gasteiger partial charge in [-0.1, -0.05) is 30.3 Å². The van der Waals surface area contributed by atoms with Gasteiger partial charge in [0.2, 0.25) is 0 Å². The van der Waals surface area contributed by atoms with E-state index in [1.54, 1.807) is 4.90 Å². The highest BCUT2D eigenvalue weighted by atomic mass is 16.2. The number of anilines is 3. The average molecular weight is 291 g/mol. The lowest BCUT2D eigenvalue weighted by Gasteiger charge is -2.18. The maximum atomic E-state index is 12.7. The van der Waals surface area contributed by atoms with Crippen LogP contribution in [0.5, 0.6) is 0 Å². The van der Waals surface area contributed by atoms with Crippen LogP contribution in [0.25, 0.3) is 0 Å². The van der Waals surface area contributed by atoms with Crippen LogP contribution in [0.4, 0.5) is 17.1 Å². The third-order valence-electron chi connectivity index (χ3n) is 3.85. The van der Waals surface area contributed by atoms with Crippen molar-refractivity contribution in [1.82, 2.24) is 0 Å². The van der Waals surface area contributed by atoms with Crippen molar-refractivity contribution in [1.29, 1.82) is 0 Å². The summed E-state index contributed by atoms with van der Waals surface area (Å²) in [6.45, 7) is 0.269. The van der Waals surface area contributed by atoms with E-state index in [9.17, 15) is 9.59 Å². The van der Waals surface area contributed by atoms with Crippen molar-refractivity contribution in [3.63, 3.8) is 0 Å². The SMILES string of the molecule is O=C1Nc2ccccc2NC2=C1CN(c1ccccc1)C2=O. The van der Waals surface area contributed by atoms with Crippen LogP contribution in [0.15, 0.2) is 65.9 Å². The normalized spacial score (nSPS) is 16.6. The van der Waals surface area contributed by atoms with E-state index >= 15 is 0 Å². The van der Waals surface area contributed by atoms with E-state index in [0.717, 1.165) is 11.4 Å². The highest BCUT2D eigenvalue weighted by molar-refractivity contribution is 6.22. The van der Waals surface area contributed by atoms with Crippen LogP contribution in [0.1, 0.15) is 0 Å². The Labute approximate surface area is 127 Å². The van der Waals surface area contributed by atoms with Gasteiger partial charge in [-0.3, -0.25) is 9.59 Å². The summed E-state index contributed by atoms with van der Waals surface area (Å²) in [5, 5.41) is 5.95. The zero-order valence-corrected chi connectivity index (χ0v) is 11.7. The van der Waals surface area contributed by atoms with E-state index < -0.39 is 0 Å². The van der Waals surface area contributed by atoms with Gasteiger partial charge in [0.05, 0.1) is 23.5 Å². The molecule has 2 aliphatic rings. The standard InChI is InChI=1S/C17H13N3O2/c21-16-12-10-20(11-6-2-1-3-7-11)17(22)15(12)18-13-8-4-5-9-14(13)19-16/h1-9,18H,10H2,(H,19,21). The smallest absolute Gasteiger partial charge is 0.275 e. The zero-order valence-electron chi connectivity index (χ0n) is 11.7. The molecule has 5 nitrogen and oxygen atoms in total. The molecule has 0 saturated carbocycles. The Hall–Kier alpha value is -3.08. The fourth-order valence-corrected chi connectivity index (χ4v) is 2.74. The fourth-order valence-electron chi connectivity index (χ4n) is 2.74. The van der Waals surface area contributed by atoms with Gasteiger partial charge in [0, 0.05) is 5.69 Å². The van der Waals surface area contributed by atoms with Crippen LogP contribution >= 0.6 is 0 Å². The zero-order chi connectivity index (χ0) is 15.1. The molecule has 4 rings (SSSR count). The summed E-state index contributed by atoms with van der Waals surface area (Å²) in [6, 6.07) is 16.7. The molecule has 0 spiro atoms. The maximum Gasteiger partial charge on any atom is 0.275 e. The van der Waals surface area contributed by atoms with Crippen molar-refractivity contribution in [2.45, 2.75) is 0 Å². The molecule has 2 heterocycles. The van der Waals surface area contributed by atoms with E-state index in [1.807, 2.05) is 54.6 Å². The van der Waals surface area contributed by atoms with Crippen LogP contribution in [0.2, 0.25) is 0 Å². The number of amides is 2. The molecule has 2 aromatic carbocycles. The first-order chi connectivity index (χ1) is 10.7. The molecule has 2 aromatic rings. The molecule has 0 bridgehead atoms. The van der Waals surface area contributed by atoms with Gasteiger partial charge >= 0.3 is 0 Å². The Morgan fingerprint density at radius 1 is 0.818 bits per heavy atom. The highest BCUT2D eigenvalue weighted by Crippen LogP contribution is 2.32. The number of hydrogen-bond donors (Lipinski definition) is 2. The number of nitrogens with one attached hydrogen (secondary N) is 2. The number of benzene rings is 2. The molecule has 22 heavy (non-hydrogen) atoms. The fraction of sp³-hybridized carbons (Fsp3) is 0.0588. The third-order valence-corrected chi connectivity index (χ3v) is 3.85. The molecule has 0 saturated heterocycles. The molecule has 2 amide bonds. The van der Waals surface area contributed by atoms with Gasteiger partial charge in [-0.05, 0) is 24.3 Å². The van der Waals surface area contributed by atoms with Crippen LogP contribution < -0.4 is 15.5 Å². The Kier molecular flexibility index (Phi) is 2.72. The van der Waals surface area contributed by atoms with Crippen molar-refractivity contribution in [2.75, 3.05) is 22.1 Å². The number of para-hydroxylation sites is 3. The average Bonchev–Trinajstić information content (AvgIpc) is 2.79. The molecule has 5 heteroatoms. The minimum absolute atomic E-state index is 0.187. The molecule has 0 aromatic heterocycles. The van der Waals surface area contributed by atoms with Crippen molar-refractivity contribution in [3.05, 3.63) is 65.9 Å². The maximum absolute atomic E-state index is 12.7. The first kappa shape index (κ1) is 12.6. The van der Waals surface area contributed by atoms with Gasteiger partial charge < -0.3 is 15.5 Å². The lowest BCUT2D eigenvalue weighted by Crippen LogP contribution is -2.29. The number of nitrogens with zero attached hydrogens (tertiary/aromatic N) is 1. The van der Waals surface area contributed by atoms with Gasteiger partial charge in [-0.2, -0.15) is 0 Å². The molecular weight excluding hydrogens is 278 g/mol. The van der Waals surface area contributed by atoms with E-state index in [2.05, 4.69) is 10.6 Å². The second-order valence-electron chi connectivity index (χ2n) is 5.21. The molecule has 2 N–H and O–H groups in total. The monoisotopic (exact) mass is 291 g/mol. The third kappa shape index (κ3) is 1.87. The summed E-state index contributed by atoms with van der Waals surface area (Å²) < 4.78 is 0. The van der Waals surface area contributed by atoms with E-state index in [1.165, 1.54) is 0 Å².